The maximum absolute atomic E-state index is 13.0. The Morgan fingerprint density at radius 2 is 2.27 bits per heavy atom. The van der Waals surface area contributed by atoms with Gasteiger partial charge in [0.2, 0.25) is 0 Å². The summed E-state index contributed by atoms with van der Waals surface area (Å²) in [4.78, 5) is 1.96. The Bertz CT molecular complexity index is 133. The van der Waals surface area contributed by atoms with Gasteiger partial charge in [0.25, 0.3) is 0 Å². The van der Waals surface area contributed by atoms with Gasteiger partial charge in [-0.3, -0.25) is 4.90 Å². The smallest absolute Gasteiger partial charge is 0.118 e. The number of alkyl halides is 1. The van der Waals surface area contributed by atoms with Crippen molar-refractivity contribution >= 4 is 0 Å². The molecule has 0 aromatic rings. The van der Waals surface area contributed by atoms with Gasteiger partial charge in [-0.15, -0.1) is 0 Å². The molecule has 0 radical (unpaired) electrons. The van der Waals surface area contributed by atoms with Crippen LogP contribution in [0, 0.1) is 0 Å². The number of hydrogen-bond acceptors (Lipinski definition) is 2. The van der Waals surface area contributed by atoms with Gasteiger partial charge in [0.1, 0.15) is 5.67 Å². The zero-order valence-corrected chi connectivity index (χ0v) is 7.18. The Morgan fingerprint density at radius 3 is 2.64 bits per heavy atom. The Hall–Kier alpha value is -0.150. The maximum Gasteiger partial charge on any atom is 0.118 e. The third kappa shape index (κ3) is 3.16. The summed E-state index contributed by atoms with van der Waals surface area (Å²) < 4.78 is 13.0. The zero-order chi connectivity index (χ0) is 8.48. The van der Waals surface area contributed by atoms with E-state index in [1.807, 2.05) is 4.90 Å². The molecule has 1 rings (SSSR count). The van der Waals surface area contributed by atoms with Crippen LogP contribution in [-0.4, -0.2) is 41.4 Å². The van der Waals surface area contributed by atoms with E-state index in [1.54, 1.807) is 13.8 Å². The first kappa shape index (κ1) is 8.94. The van der Waals surface area contributed by atoms with Crippen molar-refractivity contribution in [3.8, 4) is 0 Å². The molecule has 1 aliphatic rings. The van der Waals surface area contributed by atoms with Gasteiger partial charge >= 0.3 is 0 Å². The van der Waals surface area contributed by atoms with Gasteiger partial charge in [-0.2, -0.15) is 0 Å². The molecular formula is C8H16FNO. The SMILES string of the molecule is CC(C)(F)CN1CCC(O)C1. The molecular weight excluding hydrogens is 145 g/mol. The van der Waals surface area contributed by atoms with Crippen molar-refractivity contribution in [3.05, 3.63) is 0 Å². The number of aliphatic hydroxyl groups excluding tert-OH is 1. The molecule has 0 aromatic carbocycles. The third-order valence-electron chi connectivity index (χ3n) is 1.85. The summed E-state index contributed by atoms with van der Waals surface area (Å²) in [5.41, 5.74) is -1.13. The van der Waals surface area contributed by atoms with Crippen molar-refractivity contribution in [1.29, 1.82) is 0 Å². The highest BCUT2D eigenvalue weighted by molar-refractivity contribution is 4.80. The van der Waals surface area contributed by atoms with Crippen LogP contribution in [0.3, 0.4) is 0 Å². The zero-order valence-electron chi connectivity index (χ0n) is 7.18. The molecule has 0 aliphatic carbocycles. The van der Waals surface area contributed by atoms with E-state index in [-0.39, 0.29) is 6.10 Å². The quantitative estimate of drug-likeness (QED) is 0.647. The van der Waals surface area contributed by atoms with Gasteiger partial charge in [0.05, 0.1) is 6.10 Å². The Labute approximate surface area is 67.0 Å². The molecule has 0 spiro atoms. The van der Waals surface area contributed by atoms with Crippen LogP contribution in [0.1, 0.15) is 20.3 Å². The highest BCUT2D eigenvalue weighted by Gasteiger charge is 2.26. The first-order chi connectivity index (χ1) is 4.97. The molecule has 1 saturated heterocycles. The van der Waals surface area contributed by atoms with Crippen molar-refractivity contribution in [2.75, 3.05) is 19.6 Å². The second kappa shape index (κ2) is 3.07. The van der Waals surface area contributed by atoms with Crippen molar-refractivity contribution in [2.45, 2.75) is 32.0 Å². The number of aliphatic hydroxyl groups is 1. The van der Waals surface area contributed by atoms with Crippen LogP contribution in [0.15, 0.2) is 0 Å². The highest BCUT2D eigenvalue weighted by Crippen LogP contribution is 2.15. The monoisotopic (exact) mass is 161 g/mol. The molecule has 0 amide bonds. The normalized spacial score (nSPS) is 27.8. The van der Waals surface area contributed by atoms with E-state index in [2.05, 4.69) is 0 Å². The standard InChI is InChI=1S/C8H16FNO/c1-8(2,9)6-10-4-3-7(11)5-10/h7,11H,3-6H2,1-2H3. The summed E-state index contributed by atoms with van der Waals surface area (Å²) in [6.45, 7) is 5.03. The average Bonchev–Trinajstić information content (AvgIpc) is 2.10. The molecule has 1 unspecified atom stereocenters. The molecule has 11 heavy (non-hydrogen) atoms. The number of hydrogen-bond donors (Lipinski definition) is 1. The van der Waals surface area contributed by atoms with E-state index in [9.17, 15) is 4.39 Å². The number of likely N-dealkylation sites (tertiary alicyclic amines) is 1. The van der Waals surface area contributed by atoms with E-state index in [0.29, 0.717) is 13.1 Å². The van der Waals surface area contributed by atoms with Crippen LogP contribution in [0.4, 0.5) is 4.39 Å². The van der Waals surface area contributed by atoms with Crippen LogP contribution >= 0.6 is 0 Å². The molecule has 3 heteroatoms. The second-order valence-electron chi connectivity index (χ2n) is 3.90. The van der Waals surface area contributed by atoms with E-state index in [0.717, 1.165) is 13.0 Å². The van der Waals surface area contributed by atoms with Crippen LogP contribution in [0.25, 0.3) is 0 Å². The lowest BCUT2D eigenvalue weighted by Gasteiger charge is -2.22. The molecule has 2 nitrogen and oxygen atoms in total. The summed E-state index contributed by atoms with van der Waals surface area (Å²) in [7, 11) is 0. The van der Waals surface area contributed by atoms with Gasteiger partial charge in [-0.05, 0) is 20.3 Å². The first-order valence-corrected chi connectivity index (χ1v) is 4.07. The molecule has 66 valence electrons. The lowest BCUT2D eigenvalue weighted by atomic mass is 10.1. The molecule has 0 aromatic heterocycles. The van der Waals surface area contributed by atoms with E-state index < -0.39 is 5.67 Å². The minimum atomic E-state index is -1.13. The topological polar surface area (TPSA) is 23.5 Å². The van der Waals surface area contributed by atoms with E-state index in [4.69, 9.17) is 5.11 Å². The fraction of sp³-hybridized carbons (Fsp3) is 1.00. The number of β-amino-alcohol motifs (C(OH)–C–C–N with tert-alkyl or cyclic N) is 1. The first-order valence-electron chi connectivity index (χ1n) is 4.07. The molecule has 1 fully saturated rings. The van der Waals surface area contributed by atoms with Crippen molar-refractivity contribution in [3.63, 3.8) is 0 Å². The van der Waals surface area contributed by atoms with Gasteiger partial charge in [0.15, 0.2) is 0 Å². The summed E-state index contributed by atoms with van der Waals surface area (Å²) >= 11 is 0. The lowest BCUT2D eigenvalue weighted by Crippen LogP contribution is -2.34. The van der Waals surface area contributed by atoms with Gasteiger partial charge in [-0.25, -0.2) is 4.39 Å². The van der Waals surface area contributed by atoms with Gasteiger partial charge < -0.3 is 5.11 Å². The van der Waals surface area contributed by atoms with Crippen molar-refractivity contribution < 1.29 is 9.50 Å². The second-order valence-corrected chi connectivity index (χ2v) is 3.90. The van der Waals surface area contributed by atoms with E-state index >= 15 is 0 Å². The van der Waals surface area contributed by atoms with Crippen molar-refractivity contribution in [2.24, 2.45) is 0 Å². The Morgan fingerprint density at radius 1 is 1.64 bits per heavy atom. The molecule has 0 bridgehead atoms. The minimum Gasteiger partial charge on any atom is -0.392 e. The van der Waals surface area contributed by atoms with Crippen molar-refractivity contribution in [1.82, 2.24) is 4.90 Å². The number of halogens is 1. The van der Waals surface area contributed by atoms with Crippen LogP contribution in [-0.2, 0) is 0 Å². The van der Waals surface area contributed by atoms with Crippen LogP contribution < -0.4 is 0 Å². The minimum absolute atomic E-state index is 0.239. The predicted molar refractivity (Wildman–Crippen MR) is 42.3 cm³/mol. The van der Waals surface area contributed by atoms with Gasteiger partial charge in [-0.1, -0.05) is 0 Å². The fourth-order valence-electron chi connectivity index (χ4n) is 1.49. The number of nitrogens with zero attached hydrogens (tertiary/aromatic N) is 1. The lowest BCUT2D eigenvalue weighted by molar-refractivity contribution is 0.124. The Balaban J connectivity index is 2.29. The average molecular weight is 161 g/mol. The molecule has 1 heterocycles. The summed E-state index contributed by atoms with van der Waals surface area (Å²) in [5, 5.41) is 9.13. The highest BCUT2D eigenvalue weighted by atomic mass is 19.1. The molecule has 1 atom stereocenters. The third-order valence-corrected chi connectivity index (χ3v) is 1.85. The van der Waals surface area contributed by atoms with Crippen LogP contribution in [0.5, 0.6) is 0 Å². The van der Waals surface area contributed by atoms with E-state index in [1.165, 1.54) is 0 Å². The largest absolute Gasteiger partial charge is 0.392 e. The number of rotatable bonds is 2. The molecule has 1 aliphatic heterocycles. The summed E-state index contributed by atoms with van der Waals surface area (Å²) in [5.74, 6) is 0. The summed E-state index contributed by atoms with van der Waals surface area (Å²) in [6.07, 6.45) is 0.549. The Kier molecular flexibility index (Phi) is 2.50. The molecule has 1 N–H and O–H groups in total. The fourth-order valence-corrected chi connectivity index (χ4v) is 1.49. The maximum atomic E-state index is 13.0. The van der Waals surface area contributed by atoms with Crippen LogP contribution in [0.2, 0.25) is 0 Å². The summed E-state index contributed by atoms with van der Waals surface area (Å²) in [6, 6.07) is 0. The molecule has 0 saturated carbocycles. The van der Waals surface area contributed by atoms with Gasteiger partial charge in [0, 0.05) is 19.6 Å². The predicted octanol–water partition coefficient (Wildman–Crippen LogP) is 0.801.